The lowest BCUT2D eigenvalue weighted by Gasteiger charge is -2.06. The van der Waals surface area contributed by atoms with Crippen molar-refractivity contribution >= 4 is 29.1 Å². The summed E-state index contributed by atoms with van der Waals surface area (Å²) in [5.74, 6) is 1.72. The van der Waals surface area contributed by atoms with Crippen LogP contribution in [0.2, 0.25) is 5.02 Å². The number of hydrogen-bond acceptors (Lipinski definition) is 3. The second-order valence-electron chi connectivity index (χ2n) is 3.82. The Morgan fingerprint density at radius 2 is 1.89 bits per heavy atom. The summed E-state index contributed by atoms with van der Waals surface area (Å²) in [4.78, 5) is 1.01. The van der Waals surface area contributed by atoms with E-state index in [0.29, 0.717) is 5.02 Å². The van der Waals surface area contributed by atoms with Crippen molar-refractivity contribution in [2.45, 2.75) is 10.6 Å². The number of nitrogen functional groups attached to an aromatic ring is 1. The van der Waals surface area contributed by atoms with Gasteiger partial charge in [-0.05, 0) is 35.9 Å². The molecule has 0 spiro atoms. The zero-order valence-corrected chi connectivity index (χ0v) is 11.6. The number of hydrogen-bond donors (Lipinski definition) is 1. The Balaban J connectivity index is 2.04. The predicted octanol–water partition coefficient (Wildman–Crippen LogP) is 4.22. The molecule has 2 N–H and O–H groups in total. The lowest BCUT2D eigenvalue weighted by atomic mass is 10.2. The second kappa shape index (κ2) is 6.03. The van der Waals surface area contributed by atoms with E-state index in [4.69, 9.17) is 22.1 Å². The smallest absolute Gasteiger partial charge is 0.118 e. The van der Waals surface area contributed by atoms with Gasteiger partial charge in [0.15, 0.2) is 0 Å². The standard InChI is InChI=1S/C14H14ClNOS/c1-17-12-5-2-10(3-6-12)9-18-14-8-11(15)4-7-13(14)16/h2-8H,9,16H2,1H3. The molecular formula is C14H14ClNOS. The fourth-order valence-electron chi connectivity index (χ4n) is 1.52. The van der Waals surface area contributed by atoms with Crippen molar-refractivity contribution in [2.75, 3.05) is 12.8 Å². The minimum absolute atomic E-state index is 0.710. The molecule has 2 nitrogen and oxygen atoms in total. The number of anilines is 1. The highest BCUT2D eigenvalue weighted by molar-refractivity contribution is 7.98. The molecule has 2 aromatic carbocycles. The Hall–Kier alpha value is -1.32. The Kier molecular flexibility index (Phi) is 4.39. The molecule has 0 radical (unpaired) electrons. The minimum atomic E-state index is 0.710. The van der Waals surface area contributed by atoms with E-state index in [-0.39, 0.29) is 0 Å². The first kappa shape index (κ1) is 13.1. The molecule has 0 amide bonds. The van der Waals surface area contributed by atoms with Gasteiger partial charge in [-0.3, -0.25) is 0 Å². The Morgan fingerprint density at radius 1 is 1.17 bits per heavy atom. The molecule has 4 heteroatoms. The molecule has 0 fully saturated rings. The molecular weight excluding hydrogens is 266 g/mol. The van der Waals surface area contributed by atoms with E-state index in [2.05, 4.69) is 0 Å². The minimum Gasteiger partial charge on any atom is -0.497 e. The van der Waals surface area contributed by atoms with Gasteiger partial charge >= 0.3 is 0 Å². The van der Waals surface area contributed by atoms with Crippen molar-refractivity contribution in [3.63, 3.8) is 0 Å². The molecule has 2 rings (SSSR count). The van der Waals surface area contributed by atoms with Gasteiger partial charge in [0.25, 0.3) is 0 Å². The maximum absolute atomic E-state index is 5.95. The van der Waals surface area contributed by atoms with Crippen molar-refractivity contribution in [3.05, 3.63) is 53.1 Å². The van der Waals surface area contributed by atoms with Gasteiger partial charge in [0.2, 0.25) is 0 Å². The fraction of sp³-hybridized carbons (Fsp3) is 0.143. The number of nitrogens with two attached hydrogens (primary N) is 1. The monoisotopic (exact) mass is 279 g/mol. The molecule has 94 valence electrons. The van der Waals surface area contributed by atoms with E-state index in [1.165, 1.54) is 5.56 Å². The van der Waals surface area contributed by atoms with Crippen LogP contribution >= 0.6 is 23.4 Å². The normalized spacial score (nSPS) is 10.3. The van der Waals surface area contributed by atoms with Gasteiger partial charge in [0.05, 0.1) is 7.11 Å². The van der Waals surface area contributed by atoms with Gasteiger partial charge in [-0.25, -0.2) is 0 Å². The van der Waals surface area contributed by atoms with E-state index in [1.807, 2.05) is 36.4 Å². The first-order chi connectivity index (χ1) is 8.69. The van der Waals surface area contributed by atoms with E-state index in [0.717, 1.165) is 22.1 Å². The van der Waals surface area contributed by atoms with E-state index >= 15 is 0 Å². The van der Waals surface area contributed by atoms with Gasteiger partial charge in [0.1, 0.15) is 5.75 Å². The van der Waals surface area contributed by atoms with Crippen molar-refractivity contribution in [2.24, 2.45) is 0 Å². The first-order valence-electron chi connectivity index (χ1n) is 5.50. The SMILES string of the molecule is COc1ccc(CSc2cc(Cl)ccc2N)cc1. The zero-order chi connectivity index (χ0) is 13.0. The van der Waals surface area contributed by atoms with Crippen LogP contribution in [0.3, 0.4) is 0 Å². The highest BCUT2D eigenvalue weighted by Crippen LogP contribution is 2.30. The van der Waals surface area contributed by atoms with Crippen LogP contribution in [0, 0.1) is 0 Å². The lowest BCUT2D eigenvalue weighted by Crippen LogP contribution is -1.89. The van der Waals surface area contributed by atoms with Gasteiger partial charge in [-0.15, -0.1) is 11.8 Å². The van der Waals surface area contributed by atoms with Crippen LogP contribution in [0.25, 0.3) is 0 Å². The molecule has 0 saturated carbocycles. The molecule has 2 aromatic rings. The summed E-state index contributed by atoms with van der Waals surface area (Å²) >= 11 is 7.63. The van der Waals surface area contributed by atoms with Gasteiger partial charge < -0.3 is 10.5 Å². The summed E-state index contributed by atoms with van der Waals surface area (Å²) in [6.45, 7) is 0. The summed E-state index contributed by atoms with van der Waals surface area (Å²) in [6, 6.07) is 13.5. The third-order valence-electron chi connectivity index (χ3n) is 2.53. The molecule has 0 atom stereocenters. The molecule has 18 heavy (non-hydrogen) atoms. The summed E-state index contributed by atoms with van der Waals surface area (Å²) in [7, 11) is 1.66. The van der Waals surface area contributed by atoms with Crippen LogP contribution in [0.1, 0.15) is 5.56 Å². The predicted molar refractivity (Wildman–Crippen MR) is 78.4 cm³/mol. The highest BCUT2D eigenvalue weighted by Gasteiger charge is 2.02. The molecule has 0 aliphatic heterocycles. The summed E-state index contributed by atoms with van der Waals surface area (Å²) < 4.78 is 5.12. The van der Waals surface area contributed by atoms with Crippen molar-refractivity contribution in [1.29, 1.82) is 0 Å². The van der Waals surface area contributed by atoms with Crippen LogP contribution in [-0.4, -0.2) is 7.11 Å². The number of methoxy groups -OCH3 is 1. The number of benzene rings is 2. The van der Waals surface area contributed by atoms with Crippen LogP contribution in [0.5, 0.6) is 5.75 Å². The van der Waals surface area contributed by atoms with Crippen LogP contribution in [0.15, 0.2) is 47.4 Å². The number of rotatable bonds is 4. The zero-order valence-electron chi connectivity index (χ0n) is 10.0. The largest absolute Gasteiger partial charge is 0.497 e. The summed E-state index contributed by atoms with van der Waals surface area (Å²) in [5.41, 5.74) is 7.88. The average Bonchev–Trinajstić information content (AvgIpc) is 2.40. The van der Waals surface area contributed by atoms with E-state index in [1.54, 1.807) is 24.9 Å². The molecule has 0 saturated heterocycles. The molecule has 0 aliphatic rings. The quantitative estimate of drug-likeness (QED) is 0.672. The Bertz CT molecular complexity index is 528. The van der Waals surface area contributed by atoms with Crippen LogP contribution in [0.4, 0.5) is 5.69 Å². The first-order valence-corrected chi connectivity index (χ1v) is 6.86. The molecule has 0 heterocycles. The topological polar surface area (TPSA) is 35.2 Å². The summed E-state index contributed by atoms with van der Waals surface area (Å²) in [5, 5.41) is 0.710. The molecule has 0 aliphatic carbocycles. The summed E-state index contributed by atoms with van der Waals surface area (Å²) in [6.07, 6.45) is 0. The van der Waals surface area contributed by atoms with Gasteiger partial charge in [-0.1, -0.05) is 23.7 Å². The molecule has 0 aromatic heterocycles. The molecule has 0 bridgehead atoms. The number of halogens is 1. The van der Waals surface area contributed by atoms with Crippen molar-refractivity contribution < 1.29 is 4.74 Å². The number of thioether (sulfide) groups is 1. The Labute approximate surface area is 116 Å². The third-order valence-corrected chi connectivity index (χ3v) is 3.91. The Morgan fingerprint density at radius 3 is 2.56 bits per heavy atom. The van der Waals surface area contributed by atoms with Gasteiger partial charge in [0, 0.05) is 21.4 Å². The maximum Gasteiger partial charge on any atom is 0.118 e. The average molecular weight is 280 g/mol. The van der Waals surface area contributed by atoms with Crippen LogP contribution in [-0.2, 0) is 5.75 Å². The van der Waals surface area contributed by atoms with Crippen molar-refractivity contribution in [1.82, 2.24) is 0 Å². The lowest BCUT2D eigenvalue weighted by molar-refractivity contribution is 0.414. The van der Waals surface area contributed by atoms with Gasteiger partial charge in [-0.2, -0.15) is 0 Å². The molecule has 0 unspecified atom stereocenters. The third kappa shape index (κ3) is 3.34. The second-order valence-corrected chi connectivity index (χ2v) is 5.27. The highest BCUT2D eigenvalue weighted by atomic mass is 35.5. The van der Waals surface area contributed by atoms with E-state index < -0.39 is 0 Å². The van der Waals surface area contributed by atoms with E-state index in [9.17, 15) is 0 Å². The van der Waals surface area contributed by atoms with Crippen LogP contribution < -0.4 is 10.5 Å². The fourth-order valence-corrected chi connectivity index (χ4v) is 2.71. The van der Waals surface area contributed by atoms with Crippen molar-refractivity contribution in [3.8, 4) is 5.75 Å². The number of ether oxygens (including phenoxy) is 1. The maximum atomic E-state index is 5.95.